The fourth-order valence-electron chi connectivity index (χ4n) is 10.5. The minimum atomic E-state index is -0.603. The van der Waals surface area contributed by atoms with E-state index in [9.17, 15) is 15.0 Å². The minimum Gasteiger partial charge on any atom is -0.481 e. The molecule has 0 aliphatic heterocycles. The van der Waals surface area contributed by atoms with Crippen LogP contribution in [0.25, 0.3) is 0 Å². The average Bonchev–Trinajstić information content (AvgIpc) is 2.73. The predicted octanol–water partition coefficient (Wildman–Crippen LogP) is 6.85. The molecule has 187 valence electrons. The molecular formula is C30H48NaO3. The van der Waals surface area contributed by atoms with Gasteiger partial charge in [-0.05, 0) is 116 Å². The van der Waals surface area contributed by atoms with Crippen molar-refractivity contribution < 1.29 is 15.0 Å². The zero-order chi connectivity index (χ0) is 24.2. The number of aliphatic hydroxyl groups excluding tert-OH is 1. The largest absolute Gasteiger partial charge is 0.481 e. The molecule has 0 spiro atoms. The summed E-state index contributed by atoms with van der Waals surface area (Å²) in [5.41, 5.74) is 1.94. The molecule has 1 radical (unpaired) electrons. The van der Waals surface area contributed by atoms with Gasteiger partial charge in [0.1, 0.15) is 0 Å². The molecule has 5 aliphatic carbocycles. The summed E-state index contributed by atoms with van der Waals surface area (Å²) in [7, 11) is 0. The second kappa shape index (κ2) is 8.08. The van der Waals surface area contributed by atoms with E-state index >= 15 is 0 Å². The van der Waals surface area contributed by atoms with Crippen molar-refractivity contribution in [1.29, 1.82) is 0 Å². The van der Waals surface area contributed by atoms with Gasteiger partial charge in [-0.1, -0.05) is 53.2 Å². The minimum absolute atomic E-state index is 0. The molecule has 4 saturated carbocycles. The van der Waals surface area contributed by atoms with Crippen molar-refractivity contribution in [3.8, 4) is 0 Å². The van der Waals surface area contributed by atoms with E-state index in [-0.39, 0.29) is 62.7 Å². The molecule has 0 aromatic carbocycles. The Labute approximate surface area is 230 Å². The first-order valence-corrected chi connectivity index (χ1v) is 13.8. The second-order valence-corrected chi connectivity index (χ2v) is 14.9. The quantitative estimate of drug-likeness (QED) is 0.319. The molecule has 4 fully saturated rings. The van der Waals surface area contributed by atoms with E-state index in [1.807, 2.05) is 6.92 Å². The third-order valence-electron chi connectivity index (χ3n) is 13.3. The molecule has 34 heavy (non-hydrogen) atoms. The standard InChI is InChI=1S/C30H48O3.Na/c1-25(2)21-10-13-30(7)22(28(21,5)12-11-23(25)31)9-8-19-20-18-27(4,24(32)33)15-14-26(20,3)16-17-29(19,30)6;/h8,20-23,31H,9-18H2,1-7H3,(H,32,33);/t20-,21-,22+,23-,26+,27-,28-,29+,30+;/m0./s1. The van der Waals surface area contributed by atoms with Gasteiger partial charge < -0.3 is 10.2 Å². The van der Waals surface area contributed by atoms with Gasteiger partial charge in [-0.25, -0.2) is 0 Å². The van der Waals surface area contributed by atoms with E-state index in [1.165, 1.54) is 25.7 Å². The van der Waals surface area contributed by atoms with Gasteiger partial charge in [0, 0.05) is 29.6 Å². The number of fused-ring (bicyclic) bond motifs is 7. The number of aliphatic hydroxyl groups is 1. The Balaban J connectivity index is 0.00000274. The molecule has 0 bridgehead atoms. The third-order valence-corrected chi connectivity index (χ3v) is 13.3. The van der Waals surface area contributed by atoms with E-state index in [2.05, 4.69) is 47.6 Å². The maximum Gasteiger partial charge on any atom is 0.309 e. The molecule has 0 saturated heterocycles. The molecule has 5 rings (SSSR count). The van der Waals surface area contributed by atoms with E-state index in [1.54, 1.807) is 5.57 Å². The van der Waals surface area contributed by atoms with Gasteiger partial charge in [-0.2, -0.15) is 0 Å². The summed E-state index contributed by atoms with van der Waals surface area (Å²) in [4.78, 5) is 12.2. The maximum atomic E-state index is 12.2. The Kier molecular flexibility index (Phi) is 6.47. The fourth-order valence-corrected chi connectivity index (χ4v) is 10.5. The molecule has 0 aromatic heterocycles. The van der Waals surface area contributed by atoms with Gasteiger partial charge in [-0.15, -0.1) is 0 Å². The maximum absolute atomic E-state index is 12.2. The number of allylic oxidation sites excluding steroid dienone is 2. The van der Waals surface area contributed by atoms with Crippen LogP contribution in [0, 0.1) is 50.2 Å². The number of rotatable bonds is 1. The number of aliphatic carboxylic acids is 1. The monoisotopic (exact) mass is 479 g/mol. The van der Waals surface area contributed by atoms with Crippen LogP contribution in [0.4, 0.5) is 0 Å². The normalized spacial score (nSPS) is 53.7. The smallest absolute Gasteiger partial charge is 0.309 e. The molecular weight excluding hydrogens is 431 g/mol. The van der Waals surface area contributed by atoms with Crippen molar-refractivity contribution in [1.82, 2.24) is 0 Å². The Morgan fingerprint density at radius 1 is 0.882 bits per heavy atom. The predicted molar refractivity (Wildman–Crippen MR) is 138 cm³/mol. The Bertz CT molecular complexity index is 895. The Morgan fingerprint density at radius 2 is 1.53 bits per heavy atom. The number of carboxylic acids is 1. The van der Waals surface area contributed by atoms with E-state index < -0.39 is 11.4 Å². The fraction of sp³-hybridized carbons (Fsp3) is 0.900. The van der Waals surface area contributed by atoms with Gasteiger partial charge in [0.2, 0.25) is 0 Å². The first kappa shape index (κ1) is 27.2. The summed E-state index contributed by atoms with van der Waals surface area (Å²) in [5, 5.41) is 20.9. The van der Waals surface area contributed by atoms with Crippen molar-refractivity contribution in [2.75, 3.05) is 0 Å². The summed E-state index contributed by atoms with van der Waals surface area (Å²) >= 11 is 0. The van der Waals surface area contributed by atoms with Crippen LogP contribution in [0.2, 0.25) is 0 Å². The number of hydrogen-bond donors (Lipinski definition) is 2. The van der Waals surface area contributed by atoms with Crippen molar-refractivity contribution in [3.05, 3.63) is 11.6 Å². The van der Waals surface area contributed by atoms with Crippen molar-refractivity contribution in [2.45, 2.75) is 119 Å². The van der Waals surface area contributed by atoms with Gasteiger partial charge in [0.25, 0.3) is 0 Å². The van der Waals surface area contributed by atoms with E-state index in [0.29, 0.717) is 17.8 Å². The topological polar surface area (TPSA) is 57.5 Å². The first-order valence-electron chi connectivity index (χ1n) is 13.8. The second-order valence-electron chi connectivity index (χ2n) is 14.9. The van der Waals surface area contributed by atoms with Gasteiger partial charge in [0.05, 0.1) is 11.5 Å². The van der Waals surface area contributed by atoms with Crippen LogP contribution in [0.5, 0.6) is 0 Å². The van der Waals surface area contributed by atoms with Crippen molar-refractivity contribution in [3.63, 3.8) is 0 Å². The van der Waals surface area contributed by atoms with Gasteiger partial charge in [-0.3, -0.25) is 4.79 Å². The van der Waals surface area contributed by atoms with E-state index in [4.69, 9.17) is 0 Å². The van der Waals surface area contributed by atoms with Crippen LogP contribution >= 0.6 is 0 Å². The van der Waals surface area contributed by atoms with Crippen molar-refractivity contribution in [2.24, 2.45) is 50.2 Å². The zero-order valence-corrected chi connectivity index (χ0v) is 25.3. The SMILES string of the molecule is CC1(C)[C@@H](O)CC[C@]2(C)[C@H]3CC=C4[C@@H]5C[C@@](C)(C(=O)O)CC[C@]5(C)CC[C@@]4(C)[C@]3(C)CC[C@@H]12.[Na]. The molecule has 0 amide bonds. The van der Waals surface area contributed by atoms with Gasteiger partial charge in [0.15, 0.2) is 0 Å². The molecule has 0 unspecified atom stereocenters. The Hall–Kier alpha value is 0.170. The van der Waals surface area contributed by atoms with Crippen LogP contribution in [0.15, 0.2) is 11.6 Å². The van der Waals surface area contributed by atoms with Gasteiger partial charge >= 0.3 is 5.97 Å². The summed E-state index contributed by atoms with van der Waals surface area (Å²) in [6.07, 6.45) is 13.2. The molecule has 5 aliphatic rings. The van der Waals surface area contributed by atoms with Crippen LogP contribution in [-0.4, -0.2) is 51.8 Å². The molecule has 0 aromatic rings. The molecule has 0 heterocycles. The zero-order valence-electron chi connectivity index (χ0n) is 23.3. The van der Waals surface area contributed by atoms with Crippen LogP contribution < -0.4 is 0 Å². The molecule has 3 nitrogen and oxygen atoms in total. The molecule has 9 atom stereocenters. The molecule has 4 heteroatoms. The van der Waals surface area contributed by atoms with E-state index in [0.717, 1.165) is 38.5 Å². The summed E-state index contributed by atoms with van der Waals surface area (Å²) in [6.45, 7) is 16.8. The molecule has 2 N–H and O–H groups in total. The number of carbonyl (C=O) groups is 1. The van der Waals surface area contributed by atoms with Crippen molar-refractivity contribution >= 4 is 35.5 Å². The Morgan fingerprint density at radius 3 is 2.18 bits per heavy atom. The summed E-state index contributed by atoms with van der Waals surface area (Å²) in [6, 6.07) is 0. The van der Waals surface area contributed by atoms with Crippen LogP contribution in [0.3, 0.4) is 0 Å². The number of hydrogen-bond acceptors (Lipinski definition) is 2. The average molecular weight is 480 g/mol. The summed E-state index contributed by atoms with van der Waals surface area (Å²) < 4.78 is 0. The first-order chi connectivity index (χ1) is 15.1. The summed E-state index contributed by atoms with van der Waals surface area (Å²) in [5.74, 6) is 1.01. The van der Waals surface area contributed by atoms with Crippen LogP contribution in [0.1, 0.15) is 113 Å². The van der Waals surface area contributed by atoms with Crippen LogP contribution in [-0.2, 0) is 4.79 Å². The third kappa shape index (κ3) is 3.31. The number of carboxylic acid groups (broad SMARTS) is 1.